The molecule has 98 valence electrons. The van der Waals surface area contributed by atoms with Gasteiger partial charge in [0, 0.05) is 0 Å². The van der Waals surface area contributed by atoms with Gasteiger partial charge >= 0.3 is 12.2 Å². The van der Waals surface area contributed by atoms with Gasteiger partial charge in [-0.05, 0) is 30.5 Å². The van der Waals surface area contributed by atoms with Crippen LogP contribution in [0.3, 0.4) is 0 Å². The lowest BCUT2D eigenvalue weighted by atomic mass is 10.1. The van der Waals surface area contributed by atoms with Crippen LogP contribution < -0.4 is 9.47 Å². The van der Waals surface area contributed by atoms with Crippen molar-refractivity contribution in [3.8, 4) is 11.5 Å². The Kier molecular flexibility index (Phi) is 1.99. The van der Waals surface area contributed by atoms with Crippen LogP contribution in [0.1, 0.15) is 18.4 Å². The third kappa shape index (κ3) is 1.53. The second-order valence-electron chi connectivity index (χ2n) is 4.43. The predicted octanol–water partition coefficient (Wildman–Crippen LogP) is 2.62. The molecule has 0 bridgehead atoms. The molecule has 0 aromatic heterocycles. The molecule has 1 heterocycles. The largest absolute Gasteiger partial charge is 0.507 e. The lowest BCUT2D eigenvalue weighted by molar-refractivity contribution is -0.391. The number of halogens is 4. The zero-order chi connectivity index (χ0) is 13.2. The molecule has 0 unspecified atom stereocenters. The van der Waals surface area contributed by atoms with Crippen molar-refractivity contribution in [1.29, 1.82) is 0 Å². The molecule has 2 aliphatic rings. The van der Waals surface area contributed by atoms with Gasteiger partial charge in [0.15, 0.2) is 11.5 Å². The van der Waals surface area contributed by atoms with Crippen LogP contribution in [0.2, 0.25) is 0 Å². The summed E-state index contributed by atoms with van der Waals surface area (Å²) >= 11 is 0. The van der Waals surface area contributed by atoms with Crippen LogP contribution in [-0.4, -0.2) is 17.3 Å². The van der Waals surface area contributed by atoms with Crippen LogP contribution in [0.5, 0.6) is 11.5 Å². The first-order valence-electron chi connectivity index (χ1n) is 5.24. The molecule has 1 N–H and O–H groups in total. The number of hydrogen-bond acceptors (Lipinski definition) is 3. The van der Waals surface area contributed by atoms with E-state index in [0.29, 0.717) is 18.4 Å². The number of ether oxygens (including phenoxy) is 2. The topological polar surface area (TPSA) is 38.7 Å². The van der Waals surface area contributed by atoms with Crippen molar-refractivity contribution in [3.05, 3.63) is 23.8 Å². The van der Waals surface area contributed by atoms with Crippen molar-refractivity contribution in [2.45, 2.75) is 30.7 Å². The zero-order valence-corrected chi connectivity index (χ0v) is 8.92. The van der Waals surface area contributed by atoms with Crippen molar-refractivity contribution in [2.75, 3.05) is 0 Å². The normalized spacial score (nSPS) is 25.6. The SMILES string of the molecule is OC1(c2ccc3c(c2)OC(F)(F)C(F)(F)O3)CC1. The molecule has 1 aliphatic heterocycles. The first-order chi connectivity index (χ1) is 8.24. The highest BCUT2D eigenvalue weighted by atomic mass is 19.3. The van der Waals surface area contributed by atoms with Crippen molar-refractivity contribution >= 4 is 0 Å². The standard InChI is InChI=1S/C11H8F4O3/c12-10(13)11(14,15)18-8-5-6(9(16)3-4-9)1-2-7(8)17-10/h1-2,5,16H,3-4H2. The minimum Gasteiger partial charge on any atom is -0.421 e. The van der Waals surface area contributed by atoms with E-state index in [9.17, 15) is 22.7 Å². The quantitative estimate of drug-likeness (QED) is 0.792. The molecule has 0 radical (unpaired) electrons. The monoisotopic (exact) mass is 264 g/mol. The second-order valence-corrected chi connectivity index (χ2v) is 4.43. The highest BCUT2D eigenvalue weighted by Gasteiger charge is 2.66. The fourth-order valence-corrected chi connectivity index (χ4v) is 1.76. The van der Waals surface area contributed by atoms with Crippen LogP contribution >= 0.6 is 0 Å². The van der Waals surface area contributed by atoms with Crippen LogP contribution in [0.4, 0.5) is 17.6 Å². The first kappa shape index (κ1) is 11.6. The van der Waals surface area contributed by atoms with Gasteiger partial charge in [-0.25, -0.2) is 0 Å². The lowest BCUT2D eigenvalue weighted by Gasteiger charge is -2.32. The molecule has 0 saturated heterocycles. The van der Waals surface area contributed by atoms with E-state index in [1.807, 2.05) is 0 Å². The molecular formula is C11H8F4O3. The van der Waals surface area contributed by atoms with Crippen LogP contribution in [0, 0.1) is 0 Å². The molecule has 1 aliphatic carbocycles. The van der Waals surface area contributed by atoms with E-state index >= 15 is 0 Å². The van der Waals surface area contributed by atoms with E-state index in [1.54, 1.807) is 0 Å². The number of rotatable bonds is 1. The van der Waals surface area contributed by atoms with Gasteiger partial charge in [0.1, 0.15) is 0 Å². The van der Waals surface area contributed by atoms with Gasteiger partial charge in [-0.1, -0.05) is 6.07 Å². The predicted molar refractivity (Wildman–Crippen MR) is 50.7 cm³/mol. The molecule has 1 aromatic rings. The Balaban J connectivity index is 2.01. The van der Waals surface area contributed by atoms with E-state index in [0.717, 1.165) is 12.1 Å². The average Bonchev–Trinajstić information content (AvgIpc) is 2.98. The smallest absolute Gasteiger partial charge is 0.421 e. The molecule has 18 heavy (non-hydrogen) atoms. The summed E-state index contributed by atoms with van der Waals surface area (Å²) in [5.74, 6) is -0.970. The number of alkyl halides is 4. The van der Waals surface area contributed by atoms with Crippen LogP contribution in [0.25, 0.3) is 0 Å². The molecule has 0 amide bonds. The third-order valence-electron chi connectivity index (χ3n) is 3.02. The van der Waals surface area contributed by atoms with Gasteiger partial charge in [-0.15, -0.1) is 0 Å². The first-order valence-corrected chi connectivity index (χ1v) is 5.24. The number of benzene rings is 1. The summed E-state index contributed by atoms with van der Waals surface area (Å²) in [5, 5.41) is 9.80. The maximum absolute atomic E-state index is 12.9. The average molecular weight is 264 g/mol. The van der Waals surface area contributed by atoms with Crippen molar-refractivity contribution < 1.29 is 32.1 Å². The van der Waals surface area contributed by atoms with Gasteiger partial charge in [-0.3, -0.25) is 0 Å². The summed E-state index contributed by atoms with van der Waals surface area (Å²) < 4.78 is 59.5. The van der Waals surface area contributed by atoms with E-state index in [4.69, 9.17) is 0 Å². The Labute approximate surface area is 98.9 Å². The van der Waals surface area contributed by atoms with Gasteiger partial charge in [0.05, 0.1) is 5.60 Å². The van der Waals surface area contributed by atoms with Crippen LogP contribution in [-0.2, 0) is 5.60 Å². The van der Waals surface area contributed by atoms with E-state index in [1.165, 1.54) is 6.07 Å². The summed E-state index contributed by atoms with van der Waals surface area (Å²) in [5.41, 5.74) is -0.709. The van der Waals surface area contributed by atoms with Gasteiger partial charge in [0.25, 0.3) is 0 Å². The summed E-state index contributed by atoms with van der Waals surface area (Å²) in [4.78, 5) is 0. The Morgan fingerprint density at radius 3 is 2.06 bits per heavy atom. The lowest BCUT2D eigenvalue weighted by Crippen LogP contribution is -2.52. The molecule has 1 fully saturated rings. The molecule has 0 atom stereocenters. The molecule has 3 rings (SSSR count). The fraction of sp³-hybridized carbons (Fsp3) is 0.455. The third-order valence-corrected chi connectivity index (χ3v) is 3.02. The minimum absolute atomic E-state index is 0.353. The molecule has 1 aromatic carbocycles. The van der Waals surface area contributed by atoms with Crippen molar-refractivity contribution in [2.24, 2.45) is 0 Å². The molecule has 0 spiro atoms. The number of fused-ring (bicyclic) bond motifs is 1. The number of hydrogen-bond donors (Lipinski definition) is 1. The highest BCUT2D eigenvalue weighted by molar-refractivity contribution is 5.47. The Hall–Kier alpha value is -1.50. The Bertz CT molecular complexity index is 511. The Morgan fingerprint density at radius 1 is 0.944 bits per heavy atom. The van der Waals surface area contributed by atoms with Crippen molar-refractivity contribution in [3.63, 3.8) is 0 Å². The molecular weight excluding hydrogens is 256 g/mol. The van der Waals surface area contributed by atoms with E-state index in [-0.39, 0.29) is 0 Å². The van der Waals surface area contributed by atoms with Gasteiger partial charge < -0.3 is 14.6 Å². The summed E-state index contributed by atoms with van der Waals surface area (Å²) in [6.45, 7) is 0. The highest BCUT2D eigenvalue weighted by Crippen LogP contribution is 2.51. The number of aliphatic hydroxyl groups is 1. The molecule has 1 saturated carbocycles. The summed E-state index contributed by atoms with van der Waals surface area (Å²) in [7, 11) is 0. The fourth-order valence-electron chi connectivity index (χ4n) is 1.76. The molecule has 7 heteroatoms. The zero-order valence-electron chi connectivity index (χ0n) is 8.92. The minimum atomic E-state index is -4.73. The van der Waals surface area contributed by atoms with Crippen molar-refractivity contribution in [1.82, 2.24) is 0 Å². The summed E-state index contributed by atoms with van der Waals surface area (Å²) in [6.07, 6.45) is -8.44. The second kappa shape index (κ2) is 3.09. The van der Waals surface area contributed by atoms with E-state index in [2.05, 4.69) is 9.47 Å². The van der Waals surface area contributed by atoms with Gasteiger partial charge in [-0.2, -0.15) is 17.6 Å². The maximum atomic E-state index is 12.9. The molecule has 3 nitrogen and oxygen atoms in total. The van der Waals surface area contributed by atoms with E-state index < -0.39 is 29.3 Å². The van der Waals surface area contributed by atoms with Crippen LogP contribution in [0.15, 0.2) is 18.2 Å². The summed E-state index contributed by atoms with van der Waals surface area (Å²) in [6, 6.07) is 3.55. The maximum Gasteiger partial charge on any atom is 0.507 e. The van der Waals surface area contributed by atoms with Gasteiger partial charge in [0.2, 0.25) is 0 Å². The Morgan fingerprint density at radius 2 is 1.50 bits per heavy atom.